The first-order valence-electron chi connectivity index (χ1n) is 4.47. The Morgan fingerprint density at radius 2 is 1.60 bits per heavy atom. The van der Waals surface area contributed by atoms with E-state index in [1.165, 1.54) is 32.1 Å². The molecule has 1 saturated carbocycles. The Labute approximate surface area is 63.4 Å². The van der Waals surface area contributed by atoms with Gasteiger partial charge in [-0.1, -0.05) is 26.2 Å². The summed E-state index contributed by atoms with van der Waals surface area (Å²) >= 11 is 0. The second kappa shape index (κ2) is 3.97. The maximum Gasteiger partial charge on any atom is 0.0459 e. The molecule has 0 aromatic rings. The molecule has 60 valence electrons. The zero-order valence-electron chi connectivity index (χ0n) is 6.84. The van der Waals surface area contributed by atoms with E-state index < -0.39 is 0 Å². The molecule has 1 heteroatoms. The van der Waals surface area contributed by atoms with Crippen LogP contribution >= 0.6 is 0 Å². The van der Waals surface area contributed by atoms with Gasteiger partial charge in [0.1, 0.15) is 0 Å². The predicted molar refractivity (Wildman–Crippen MR) is 42.8 cm³/mol. The van der Waals surface area contributed by atoms with E-state index in [9.17, 15) is 0 Å². The molecule has 0 heterocycles. The molecule has 0 aromatic heterocycles. The minimum Gasteiger partial charge on any atom is -0.396 e. The second-order valence-electron chi connectivity index (χ2n) is 3.48. The molecule has 0 radical (unpaired) electrons. The van der Waals surface area contributed by atoms with Crippen LogP contribution in [0.4, 0.5) is 0 Å². The predicted octanol–water partition coefficient (Wildman–Crippen LogP) is 2.20. The molecule has 0 saturated heterocycles. The lowest BCUT2D eigenvalue weighted by molar-refractivity contribution is 0.166. The normalized spacial score (nSPS) is 34.2. The van der Waals surface area contributed by atoms with Crippen molar-refractivity contribution in [3.05, 3.63) is 0 Å². The molecule has 0 bridgehead atoms. The van der Waals surface area contributed by atoms with Crippen LogP contribution in [-0.2, 0) is 0 Å². The maximum atomic E-state index is 8.85. The summed E-state index contributed by atoms with van der Waals surface area (Å²) in [6, 6.07) is 0. The number of hydrogen-bond donors (Lipinski definition) is 1. The smallest absolute Gasteiger partial charge is 0.0459 e. The molecule has 10 heavy (non-hydrogen) atoms. The number of hydrogen-bond acceptors (Lipinski definition) is 1. The molecule has 1 N–H and O–H groups in total. The van der Waals surface area contributed by atoms with Crippen LogP contribution in [0.3, 0.4) is 0 Å². The Hall–Kier alpha value is -0.0400. The lowest BCUT2D eigenvalue weighted by Gasteiger charge is -2.26. The molecule has 1 fully saturated rings. The fourth-order valence-electron chi connectivity index (χ4n) is 1.82. The summed E-state index contributed by atoms with van der Waals surface area (Å²) < 4.78 is 0. The van der Waals surface area contributed by atoms with Crippen LogP contribution in [0.5, 0.6) is 0 Å². The molecule has 0 unspecified atom stereocenters. The van der Waals surface area contributed by atoms with Crippen molar-refractivity contribution >= 4 is 0 Å². The van der Waals surface area contributed by atoms with Crippen LogP contribution in [0.1, 0.15) is 39.0 Å². The minimum atomic E-state index is 0.413. The van der Waals surface area contributed by atoms with Crippen molar-refractivity contribution in [2.75, 3.05) is 6.61 Å². The fraction of sp³-hybridized carbons (Fsp3) is 1.00. The summed E-state index contributed by atoms with van der Waals surface area (Å²) in [5.74, 6) is 1.59. The summed E-state index contributed by atoms with van der Waals surface area (Å²) in [7, 11) is 0. The molecule has 0 aromatic carbocycles. The monoisotopic (exact) mass is 142 g/mol. The van der Waals surface area contributed by atoms with Gasteiger partial charge in [-0.2, -0.15) is 0 Å². The fourth-order valence-corrected chi connectivity index (χ4v) is 1.82. The third kappa shape index (κ3) is 1.98. The Kier molecular flexibility index (Phi) is 3.20. The van der Waals surface area contributed by atoms with Gasteiger partial charge in [0.25, 0.3) is 0 Å². The highest BCUT2D eigenvalue weighted by atomic mass is 16.3. The van der Waals surface area contributed by atoms with Gasteiger partial charge in [-0.15, -0.1) is 0 Å². The summed E-state index contributed by atoms with van der Waals surface area (Å²) in [6.45, 7) is 2.68. The van der Waals surface area contributed by atoms with E-state index in [0.717, 1.165) is 5.92 Å². The van der Waals surface area contributed by atoms with E-state index in [-0.39, 0.29) is 0 Å². The molecule has 0 aliphatic heterocycles. The van der Waals surface area contributed by atoms with Crippen LogP contribution in [0.2, 0.25) is 0 Å². The second-order valence-corrected chi connectivity index (χ2v) is 3.48. The van der Waals surface area contributed by atoms with Crippen molar-refractivity contribution in [1.82, 2.24) is 0 Å². The van der Waals surface area contributed by atoms with Crippen molar-refractivity contribution in [1.29, 1.82) is 0 Å². The van der Waals surface area contributed by atoms with Gasteiger partial charge < -0.3 is 5.11 Å². The average Bonchev–Trinajstić information content (AvgIpc) is 2.05. The Morgan fingerprint density at radius 1 is 1.10 bits per heavy atom. The number of rotatable bonds is 2. The third-order valence-corrected chi connectivity index (χ3v) is 2.80. The summed E-state index contributed by atoms with van der Waals surface area (Å²) in [4.78, 5) is 0. The van der Waals surface area contributed by atoms with Crippen LogP contribution in [0, 0.1) is 11.8 Å². The van der Waals surface area contributed by atoms with Gasteiger partial charge in [0.2, 0.25) is 0 Å². The minimum absolute atomic E-state index is 0.413. The average molecular weight is 142 g/mol. The molecule has 1 nitrogen and oxygen atoms in total. The van der Waals surface area contributed by atoms with Crippen LogP contribution in [0.25, 0.3) is 0 Å². The lowest BCUT2D eigenvalue weighted by atomic mass is 9.81. The van der Waals surface area contributed by atoms with Crippen LogP contribution < -0.4 is 0 Å². The van der Waals surface area contributed by atoms with Crippen LogP contribution in [0.15, 0.2) is 0 Å². The van der Waals surface area contributed by atoms with E-state index in [1.54, 1.807) is 0 Å². The molecule has 1 aliphatic carbocycles. The van der Waals surface area contributed by atoms with Crippen molar-refractivity contribution in [3.8, 4) is 0 Å². The Balaban J connectivity index is 2.17. The maximum absolute atomic E-state index is 8.85. The Morgan fingerprint density at radius 3 is 2.00 bits per heavy atom. The van der Waals surface area contributed by atoms with E-state index in [1.807, 2.05) is 0 Å². The highest BCUT2D eigenvalue weighted by Crippen LogP contribution is 2.29. The first-order valence-corrected chi connectivity index (χ1v) is 4.47. The lowest BCUT2D eigenvalue weighted by Crippen LogP contribution is -2.16. The largest absolute Gasteiger partial charge is 0.396 e. The van der Waals surface area contributed by atoms with E-state index in [2.05, 4.69) is 6.92 Å². The van der Waals surface area contributed by atoms with Crippen molar-refractivity contribution in [2.45, 2.75) is 39.0 Å². The zero-order valence-corrected chi connectivity index (χ0v) is 6.84. The SMILES string of the molecule is CCC1CCC(CO)CC1. The van der Waals surface area contributed by atoms with Crippen molar-refractivity contribution < 1.29 is 5.11 Å². The molecule has 1 rings (SSSR count). The van der Waals surface area contributed by atoms with Gasteiger partial charge in [0.15, 0.2) is 0 Å². The summed E-state index contributed by atoms with van der Waals surface area (Å²) in [5, 5.41) is 8.85. The van der Waals surface area contributed by atoms with E-state index >= 15 is 0 Å². The molecule has 0 atom stereocenters. The van der Waals surface area contributed by atoms with Gasteiger partial charge in [0.05, 0.1) is 0 Å². The van der Waals surface area contributed by atoms with Crippen molar-refractivity contribution in [2.24, 2.45) is 11.8 Å². The van der Waals surface area contributed by atoms with Gasteiger partial charge in [-0.3, -0.25) is 0 Å². The van der Waals surface area contributed by atoms with E-state index in [0.29, 0.717) is 12.5 Å². The quantitative estimate of drug-likeness (QED) is 0.626. The molecule has 0 spiro atoms. The first-order chi connectivity index (χ1) is 4.86. The van der Waals surface area contributed by atoms with Gasteiger partial charge in [-0.05, 0) is 24.7 Å². The van der Waals surface area contributed by atoms with Gasteiger partial charge in [0, 0.05) is 6.61 Å². The van der Waals surface area contributed by atoms with E-state index in [4.69, 9.17) is 5.11 Å². The van der Waals surface area contributed by atoms with Crippen LogP contribution in [-0.4, -0.2) is 11.7 Å². The summed E-state index contributed by atoms with van der Waals surface area (Å²) in [5.41, 5.74) is 0. The standard InChI is InChI=1S/C9H18O/c1-2-8-3-5-9(7-10)6-4-8/h8-10H,2-7H2,1H3. The number of aliphatic hydroxyl groups is 1. The highest BCUT2D eigenvalue weighted by molar-refractivity contribution is 4.70. The van der Waals surface area contributed by atoms with Crippen molar-refractivity contribution in [3.63, 3.8) is 0 Å². The number of aliphatic hydroxyl groups excluding tert-OH is 1. The highest BCUT2D eigenvalue weighted by Gasteiger charge is 2.18. The zero-order chi connectivity index (χ0) is 7.40. The first kappa shape index (κ1) is 8.06. The molecular formula is C9H18O. The summed E-state index contributed by atoms with van der Waals surface area (Å²) in [6.07, 6.45) is 6.55. The molecular weight excluding hydrogens is 124 g/mol. The topological polar surface area (TPSA) is 20.2 Å². The Bertz CT molecular complexity index is 70.7. The van der Waals surface area contributed by atoms with Gasteiger partial charge >= 0.3 is 0 Å². The third-order valence-electron chi connectivity index (χ3n) is 2.80. The van der Waals surface area contributed by atoms with Gasteiger partial charge in [-0.25, -0.2) is 0 Å². The molecule has 0 amide bonds. The molecule has 1 aliphatic rings.